The van der Waals surface area contributed by atoms with Gasteiger partial charge in [0.05, 0.1) is 0 Å². The van der Waals surface area contributed by atoms with Gasteiger partial charge in [0, 0.05) is 6.04 Å². The Hall–Kier alpha value is -1.60. The largest absolute Gasteiger partial charge is 0.310 e. The van der Waals surface area contributed by atoms with Gasteiger partial charge in [-0.2, -0.15) is 0 Å². The molecule has 98 valence electrons. The molecule has 1 heterocycles. The Balaban J connectivity index is 1.84. The predicted octanol–water partition coefficient (Wildman–Crippen LogP) is 4.24. The molecule has 0 radical (unpaired) electrons. The zero-order chi connectivity index (χ0) is 13.1. The van der Waals surface area contributed by atoms with Gasteiger partial charge in [0.2, 0.25) is 0 Å². The third kappa shape index (κ3) is 2.87. The van der Waals surface area contributed by atoms with Crippen LogP contribution in [0.2, 0.25) is 0 Å². The fourth-order valence-corrected chi connectivity index (χ4v) is 2.91. The van der Waals surface area contributed by atoms with Crippen LogP contribution in [0, 0.1) is 5.92 Å². The average molecular weight is 251 g/mol. The highest BCUT2D eigenvalue weighted by Gasteiger charge is 2.15. The first-order valence-electron chi connectivity index (χ1n) is 7.22. The Morgan fingerprint density at radius 2 is 1.95 bits per heavy atom. The molecule has 1 heteroatoms. The summed E-state index contributed by atoms with van der Waals surface area (Å²) >= 11 is 0. The molecule has 0 spiro atoms. The quantitative estimate of drug-likeness (QED) is 0.841. The number of rotatable bonds is 2. The maximum Gasteiger partial charge on any atom is 0.0255 e. The van der Waals surface area contributed by atoms with Gasteiger partial charge >= 0.3 is 0 Å². The minimum atomic E-state index is 0.530. The Bertz CT molecular complexity index is 580. The summed E-state index contributed by atoms with van der Waals surface area (Å²) in [6, 6.07) is 15.6. The van der Waals surface area contributed by atoms with Crippen molar-refractivity contribution in [2.45, 2.75) is 25.8 Å². The molecule has 1 aliphatic rings. The molecule has 1 N–H and O–H groups in total. The second kappa shape index (κ2) is 5.58. The van der Waals surface area contributed by atoms with E-state index in [1.165, 1.54) is 29.2 Å². The summed E-state index contributed by atoms with van der Waals surface area (Å²) in [5.41, 5.74) is 1.32. The van der Waals surface area contributed by atoms with Gasteiger partial charge in [-0.15, -0.1) is 0 Å². The standard InChI is InChI=1S/C18H21N/c1-14-11-12-19-17(13-14)10-9-16-7-4-6-15-5-2-3-8-18(15)16/h2-10,14,17,19H,11-13H2,1H3/b10-9+. The van der Waals surface area contributed by atoms with Crippen molar-refractivity contribution < 1.29 is 0 Å². The summed E-state index contributed by atoms with van der Waals surface area (Å²) in [5, 5.41) is 6.23. The summed E-state index contributed by atoms with van der Waals surface area (Å²) in [6.45, 7) is 3.49. The first-order valence-corrected chi connectivity index (χ1v) is 7.22. The number of benzene rings is 2. The molecule has 2 aromatic carbocycles. The molecular formula is C18H21N. The van der Waals surface area contributed by atoms with Crippen molar-refractivity contribution in [1.29, 1.82) is 0 Å². The summed E-state index contributed by atoms with van der Waals surface area (Å²) in [7, 11) is 0. The lowest BCUT2D eigenvalue weighted by atomic mass is 9.93. The lowest BCUT2D eigenvalue weighted by Gasteiger charge is -2.25. The highest BCUT2D eigenvalue weighted by molar-refractivity contribution is 5.90. The van der Waals surface area contributed by atoms with E-state index in [-0.39, 0.29) is 0 Å². The van der Waals surface area contributed by atoms with E-state index in [0.717, 1.165) is 12.5 Å². The molecule has 0 bridgehead atoms. The number of hydrogen-bond donors (Lipinski definition) is 1. The van der Waals surface area contributed by atoms with Crippen molar-refractivity contribution >= 4 is 16.8 Å². The lowest BCUT2D eigenvalue weighted by molar-refractivity contribution is 0.357. The zero-order valence-electron chi connectivity index (χ0n) is 11.5. The molecule has 19 heavy (non-hydrogen) atoms. The van der Waals surface area contributed by atoms with E-state index in [0.29, 0.717) is 6.04 Å². The summed E-state index contributed by atoms with van der Waals surface area (Å²) < 4.78 is 0. The number of nitrogens with one attached hydrogen (secondary N) is 1. The topological polar surface area (TPSA) is 12.0 Å². The van der Waals surface area contributed by atoms with E-state index in [1.807, 2.05) is 0 Å². The van der Waals surface area contributed by atoms with Crippen LogP contribution in [-0.2, 0) is 0 Å². The first-order chi connectivity index (χ1) is 9.33. The Labute approximate surface area is 115 Å². The highest BCUT2D eigenvalue weighted by atomic mass is 14.9. The van der Waals surface area contributed by atoms with Crippen LogP contribution in [0.15, 0.2) is 48.5 Å². The molecule has 1 aliphatic heterocycles. The lowest BCUT2D eigenvalue weighted by Crippen LogP contribution is -2.35. The Morgan fingerprint density at radius 3 is 2.84 bits per heavy atom. The average Bonchev–Trinajstić information content (AvgIpc) is 2.45. The van der Waals surface area contributed by atoms with Crippen LogP contribution >= 0.6 is 0 Å². The maximum absolute atomic E-state index is 3.58. The molecule has 3 rings (SSSR count). The maximum atomic E-state index is 3.58. The fourth-order valence-electron chi connectivity index (χ4n) is 2.91. The van der Waals surface area contributed by atoms with Crippen molar-refractivity contribution in [3.8, 4) is 0 Å². The molecule has 0 aliphatic carbocycles. The van der Waals surface area contributed by atoms with Gasteiger partial charge in [0.1, 0.15) is 0 Å². The summed E-state index contributed by atoms with van der Waals surface area (Å²) in [5.74, 6) is 0.836. The number of fused-ring (bicyclic) bond motifs is 1. The van der Waals surface area contributed by atoms with E-state index < -0.39 is 0 Å². The number of hydrogen-bond acceptors (Lipinski definition) is 1. The molecule has 0 aromatic heterocycles. The van der Waals surface area contributed by atoms with Gasteiger partial charge < -0.3 is 5.32 Å². The Kier molecular flexibility index (Phi) is 3.65. The van der Waals surface area contributed by atoms with E-state index in [1.54, 1.807) is 0 Å². The van der Waals surface area contributed by atoms with Gasteiger partial charge in [-0.25, -0.2) is 0 Å². The van der Waals surface area contributed by atoms with Crippen molar-refractivity contribution in [3.63, 3.8) is 0 Å². The minimum absolute atomic E-state index is 0.530. The van der Waals surface area contributed by atoms with Crippen molar-refractivity contribution in [3.05, 3.63) is 54.1 Å². The van der Waals surface area contributed by atoms with Gasteiger partial charge in [-0.1, -0.05) is 61.5 Å². The van der Waals surface area contributed by atoms with E-state index in [2.05, 4.69) is 66.9 Å². The smallest absolute Gasteiger partial charge is 0.0255 e. The van der Waals surface area contributed by atoms with Crippen molar-refractivity contribution in [2.24, 2.45) is 5.92 Å². The second-order valence-corrected chi connectivity index (χ2v) is 5.62. The number of piperidine rings is 1. The normalized spacial score (nSPS) is 24.1. The fraction of sp³-hybridized carbons (Fsp3) is 0.333. The van der Waals surface area contributed by atoms with Crippen LogP contribution in [0.4, 0.5) is 0 Å². The van der Waals surface area contributed by atoms with Crippen molar-refractivity contribution in [2.75, 3.05) is 6.54 Å². The molecule has 1 saturated heterocycles. The molecule has 2 unspecified atom stereocenters. The molecule has 2 atom stereocenters. The third-order valence-electron chi connectivity index (χ3n) is 4.03. The van der Waals surface area contributed by atoms with Gasteiger partial charge in [-0.3, -0.25) is 0 Å². The summed E-state index contributed by atoms with van der Waals surface area (Å²) in [4.78, 5) is 0. The van der Waals surface area contributed by atoms with Gasteiger partial charge in [0.15, 0.2) is 0 Å². The van der Waals surface area contributed by atoms with Gasteiger partial charge in [0.25, 0.3) is 0 Å². The predicted molar refractivity (Wildman–Crippen MR) is 83.2 cm³/mol. The zero-order valence-corrected chi connectivity index (χ0v) is 11.5. The van der Waals surface area contributed by atoms with E-state index in [4.69, 9.17) is 0 Å². The summed E-state index contributed by atoms with van der Waals surface area (Å²) in [6.07, 6.45) is 7.16. The third-order valence-corrected chi connectivity index (χ3v) is 4.03. The van der Waals surface area contributed by atoms with Crippen LogP contribution in [0.1, 0.15) is 25.3 Å². The first kappa shape index (κ1) is 12.4. The van der Waals surface area contributed by atoms with Crippen LogP contribution < -0.4 is 5.32 Å². The Morgan fingerprint density at radius 1 is 1.11 bits per heavy atom. The van der Waals surface area contributed by atoms with E-state index in [9.17, 15) is 0 Å². The van der Waals surface area contributed by atoms with Crippen molar-refractivity contribution in [1.82, 2.24) is 5.32 Å². The SMILES string of the molecule is CC1CCNC(/C=C/c2cccc3ccccc23)C1. The van der Waals surface area contributed by atoms with Crippen LogP contribution in [0.25, 0.3) is 16.8 Å². The van der Waals surface area contributed by atoms with Crippen LogP contribution in [0.3, 0.4) is 0 Å². The molecular weight excluding hydrogens is 230 g/mol. The molecule has 1 nitrogen and oxygen atoms in total. The molecule has 0 amide bonds. The minimum Gasteiger partial charge on any atom is -0.310 e. The highest BCUT2D eigenvalue weighted by Crippen LogP contribution is 2.21. The molecule has 0 saturated carbocycles. The van der Waals surface area contributed by atoms with Crippen LogP contribution in [0.5, 0.6) is 0 Å². The second-order valence-electron chi connectivity index (χ2n) is 5.62. The molecule has 1 fully saturated rings. The van der Waals surface area contributed by atoms with E-state index >= 15 is 0 Å². The monoisotopic (exact) mass is 251 g/mol. The van der Waals surface area contributed by atoms with Crippen LogP contribution in [-0.4, -0.2) is 12.6 Å². The molecule has 2 aromatic rings. The van der Waals surface area contributed by atoms with Gasteiger partial charge in [-0.05, 0) is 41.6 Å².